The van der Waals surface area contributed by atoms with Crippen molar-refractivity contribution in [1.82, 2.24) is 10.6 Å². The Morgan fingerprint density at radius 1 is 1.33 bits per heavy atom. The summed E-state index contributed by atoms with van der Waals surface area (Å²) in [5, 5.41) is 6.29. The monoisotopic (exact) mass is 270 g/mol. The normalized spacial score (nSPS) is 10.2. The molecule has 0 aliphatic rings. The van der Waals surface area contributed by atoms with E-state index < -0.39 is 0 Å². The second kappa shape index (κ2) is 7.24. The number of rotatable bonds is 6. The van der Waals surface area contributed by atoms with Crippen LogP contribution >= 0.6 is 11.6 Å². The highest BCUT2D eigenvalue weighted by Crippen LogP contribution is 2.25. The summed E-state index contributed by atoms with van der Waals surface area (Å²) in [7, 11) is 1.73. The van der Waals surface area contributed by atoms with E-state index in [4.69, 9.17) is 16.3 Å². The fourth-order valence-electron chi connectivity index (χ4n) is 1.57. The molecule has 0 atom stereocenters. The Hall–Kier alpha value is -1.26. The van der Waals surface area contributed by atoms with E-state index in [0.717, 1.165) is 21.9 Å². The summed E-state index contributed by atoms with van der Waals surface area (Å²) in [6.45, 7) is 5.13. The fourth-order valence-corrected chi connectivity index (χ4v) is 1.68. The van der Waals surface area contributed by atoms with Gasteiger partial charge in [0, 0.05) is 5.02 Å². The summed E-state index contributed by atoms with van der Waals surface area (Å²) < 4.78 is 5.56. The van der Waals surface area contributed by atoms with Gasteiger partial charge in [0.2, 0.25) is 5.91 Å². The van der Waals surface area contributed by atoms with Crippen LogP contribution in [0.15, 0.2) is 12.1 Å². The first-order valence-electron chi connectivity index (χ1n) is 5.85. The van der Waals surface area contributed by atoms with Crippen LogP contribution < -0.4 is 15.4 Å². The molecule has 4 nitrogen and oxygen atoms in total. The van der Waals surface area contributed by atoms with Crippen molar-refractivity contribution in [1.29, 1.82) is 0 Å². The van der Waals surface area contributed by atoms with Crippen molar-refractivity contribution in [3.8, 4) is 5.75 Å². The molecule has 1 aromatic rings. The molecule has 1 aromatic carbocycles. The van der Waals surface area contributed by atoms with Crippen molar-refractivity contribution in [2.24, 2.45) is 0 Å². The predicted molar refractivity (Wildman–Crippen MR) is 73.4 cm³/mol. The molecule has 0 bridgehead atoms. The summed E-state index contributed by atoms with van der Waals surface area (Å²) in [4.78, 5) is 11.2. The number of nitrogens with one attached hydrogen (secondary N) is 2. The highest BCUT2D eigenvalue weighted by molar-refractivity contribution is 6.32. The Bertz CT molecular complexity index is 398. The molecule has 5 heteroatoms. The van der Waals surface area contributed by atoms with Crippen LogP contribution in [0, 0.1) is 13.8 Å². The standard InChI is InChI=1S/C13H19ClN2O2/c1-9-6-11(7-10(2)13(9)14)18-5-4-16-12(17)8-15-3/h6-7,15H,4-5,8H2,1-3H3,(H,16,17). The maximum atomic E-state index is 11.2. The van der Waals surface area contributed by atoms with Crippen molar-refractivity contribution >= 4 is 17.5 Å². The lowest BCUT2D eigenvalue weighted by Gasteiger charge is -2.10. The lowest BCUT2D eigenvalue weighted by molar-refractivity contribution is -0.120. The minimum Gasteiger partial charge on any atom is -0.492 e. The van der Waals surface area contributed by atoms with Gasteiger partial charge >= 0.3 is 0 Å². The Labute approximate surface area is 113 Å². The molecular weight excluding hydrogens is 252 g/mol. The largest absolute Gasteiger partial charge is 0.492 e. The zero-order valence-corrected chi connectivity index (χ0v) is 11.7. The van der Waals surface area contributed by atoms with Crippen molar-refractivity contribution < 1.29 is 9.53 Å². The number of ether oxygens (including phenoxy) is 1. The van der Waals surface area contributed by atoms with Crippen molar-refractivity contribution in [3.05, 3.63) is 28.3 Å². The first kappa shape index (κ1) is 14.8. The molecule has 2 N–H and O–H groups in total. The summed E-state index contributed by atoms with van der Waals surface area (Å²) in [5.74, 6) is 0.738. The summed E-state index contributed by atoms with van der Waals surface area (Å²) >= 11 is 6.07. The van der Waals surface area contributed by atoms with Crippen LogP contribution in [0.25, 0.3) is 0 Å². The SMILES string of the molecule is CNCC(=O)NCCOc1cc(C)c(Cl)c(C)c1. The fraction of sp³-hybridized carbons (Fsp3) is 0.462. The molecule has 0 aliphatic heterocycles. The van der Waals surface area contributed by atoms with E-state index in [9.17, 15) is 4.79 Å². The molecule has 1 amide bonds. The highest BCUT2D eigenvalue weighted by Gasteiger charge is 2.03. The minimum absolute atomic E-state index is 0.0374. The van der Waals surface area contributed by atoms with Crippen LogP contribution in [0.5, 0.6) is 5.75 Å². The molecule has 0 aromatic heterocycles. The van der Waals surface area contributed by atoms with Gasteiger partial charge in [-0.3, -0.25) is 4.79 Å². The third-order valence-electron chi connectivity index (χ3n) is 2.44. The van der Waals surface area contributed by atoms with E-state index in [1.54, 1.807) is 7.05 Å². The average molecular weight is 271 g/mol. The molecule has 0 spiro atoms. The molecule has 1 rings (SSSR count). The molecule has 0 saturated heterocycles. The zero-order valence-electron chi connectivity index (χ0n) is 11.0. The van der Waals surface area contributed by atoms with Crippen LogP contribution in [-0.4, -0.2) is 32.7 Å². The summed E-state index contributed by atoms with van der Waals surface area (Å²) in [6, 6.07) is 3.79. The highest BCUT2D eigenvalue weighted by atomic mass is 35.5. The number of likely N-dealkylation sites (N-methyl/N-ethyl adjacent to an activating group) is 1. The Balaban J connectivity index is 2.38. The predicted octanol–water partition coefficient (Wildman–Crippen LogP) is 1.67. The second-order valence-electron chi connectivity index (χ2n) is 4.10. The molecule has 0 radical (unpaired) electrons. The van der Waals surface area contributed by atoms with Crippen molar-refractivity contribution in [2.75, 3.05) is 26.7 Å². The van der Waals surface area contributed by atoms with E-state index in [1.165, 1.54) is 0 Å². The van der Waals surface area contributed by atoms with Crippen LogP contribution in [0.4, 0.5) is 0 Å². The number of carbonyl (C=O) groups is 1. The van der Waals surface area contributed by atoms with Crippen LogP contribution in [0.3, 0.4) is 0 Å². The number of benzene rings is 1. The van der Waals surface area contributed by atoms with E-state index in [0.29, 0.717) is 19.7 Å². The maximum absolute atomic E-state index is 11.2. The van der Waals surface area contributed by atoms with Gasteiger partial charge in [-0.2, -0.15) is 0 Å². The van der Waals surface area contributed by atoms with Gasteiger partial charge in [-0.15, -0.1) is 0 Å². The van der Waals surface area contributed by atoms with E-state index in [-0.39, 0.29) is 5.91 Å². The molecule has 18 heavy (non-hydrogen) atoms. The summed E-state index contributed by atoms with van der Waals surface area (Å²) in [6.07, 6.45) is 0. The van der Waals surface area contributed by atoms with E-state index >= 15 is 0 Å². The topological polar surface area (TPSA) is 50.4 Å². The number of carbonyl (C=O) groups excluding carboxylic acids is 1. The first-order valence-corrected chi connectivity index (χ1v) is 6.23. The molecule has 0 saturated carbocycles. The van der Waals surface area contributed by atoms with Gasteiger partial charge in [-0.05, 0) is 44.2 Å². The molecule has 0 heterocycles. The van der Waals surface area contributed by atoms with E-state index in [2.05, 4.69) is 10.6 Å². The minimum atomic E-state index is -0.0374. The molecular formula is C13H19ClN2O2. The van der Waals surface area contributed by atoms with Gasteiger partial charge in [0.1, 0.15) is 12.4 Å². The first-order chi connectivity index (χ1) is 8.54. The molecule has 100 valence electrons. The smallest absolute Gasteiger partial charge is 0.234 e. The number of aryl methyl sites for hydroxylation is 2. The number of amides is 1. The van der Waals surface area contributed by atoms with Gasteiger partial charge in [0.15, 0.2) is 0 Å². The van der Waals surface area contributed by atoms with Gasteiger partial charge in [0.25, 0.3) is 0 Å². The van der Waals surface area contributed by atoms with Gasteiger partial charge in [-0.1, -0.05) is 11.6 Å². The Kier molecular flexibility index (Phi) is 5.95. The lowest BCUT2D eigenvalue weighted by atomic mass is 10.1. The van der Waals surface area contributed by atoms with Crippen LogP contribution in [-0.2, 0) is 4.79 Å². The van der Waals surface area contributed by atoms with Crippen molar-refractivity contribution in [2.45, 2.75) is 13.8 Å². The lowest BCUT2D eigenvalue weighted by Crippen LogP contribution is -2.34. The zero-order chi connectivity index (χ0) is 13.5. The van der Waals surface area contributed by atoms with Crippen molar-refractivity contribution in [3.63, 3.8) is 0 Å². The van der Waals surface area contributed by atoms with E-state index in [1.807, 2.05) is 26.0 Å². The quantitative estimate of drug-likeness (QED) is 0.773. The number of hydrogen-bond acceptors (Lipinski definition) is 3. The third-order valence-corrected chi connectivity index (χ3v) is 3.04. The van der Waals surface area contributed by atoms with Crippen LogP contribution in [0.2, 0.25) is 5.02 Å². The average Bonchev–Trinajstić information content (AvgIpc) is 2.32. The second-order valence-corrected chi connectivity index (χ2v) is 4.48. The Morgan fingerprint density at radius 2 is 1.94 bits per heavy atom. The van der Waals surface area contributed by atoms with Gasteiger partial charge in [-0.25, -0.2) is 0 Å². The molecule has 0 aliphatic carbocycles. The number of hydrogen-bond donors (Lipinski definition) is 2. The number of halogens is 1. The van der Waals surface area contributed by atoms with Gasteiger partial charge in [0.05, 0.1) is 13.1 Å². The maximum Gasteiger partial charge on any atom is 0.234 e. The van der Waals surface area contributed by atoms with Crippen LogP contribution in [0.1, 0.15) is 11.1 Å². The Morgan fingerprint density at radius 3 is 2.50 bits per heavy atom. The third kappa shape index (κ3) is 4.55. The molecule has 0 unspecified atom stereocenters. The summed E-state index contributed by atoms with van der Waals surface area (Å²) in [5.41, 5.74) is 1.98. The molecule has 0 fully saturated rings. The van der Waals surface area contributed by atoms with Gasteiger partial charge < -0.3 is 15.4 Å².